The quantitative estimate of drug-likeness (QED) is 0.709. The molecule has 2 N–H and O–H groups in total. The number of carboxylic acids is 1. The maximum absolute atomic E-state index is 12.4. The lowest BCUT2D eigenvalue weighted by atomic mass is 10.1. The Morgan fingerprint density at radius 1 is 0.875 bits per heavy atom. The number of carbonyl (C=O) groups is 2. The van der Waals surface area contributed by atoms with Gasteiger partial charge in [-0.05, 0) is 46.7 Å². The van der Waals surface area contributed by atoms with Crippen LogP contribution < -0.4 is 5.32 Å². The third kappa shape index (κ3) is 3.67. The van der Waals surface area contributed by atoms with Gasteiger partial charge in [0.15, 0.2) is 0 Å². The molecule has 0 aliphatic carbocycles. The van der Waals surface area contributed by atoms with Crippen LogP contribution in [0.15, 0.2) is 72.8 Å². The zero-order valence-electron chi connectivity index (χ0n) is 12.8. The number of hydrogen-bond donors (Lipinski definition) is 2. The molecule has 0 spiro atoms. The van der Waals surface area contributed by atoms with Gasteiger partial charge >= 0.3 is 5.97 Å². The molecule has 0 bridgehead atoms. The highest BCUT2D eigenvalue weighted by atomic mass is 16.4. The van der Waals surface area contributed by atoms with E-state index < -0.39 is 5.97 Å². The van der Waals surface area contributed by atoms with Gasteiger partial charge in [-0.2, -0.15) is 0 Å². The summed E-state index contributed by atoms with van der Waals surface area (Å²) >= 11 is 0. The summed E-state index contributed by atoms with van der Waals surface area (Å²) in [6, 6.07) is 20.4. The Labute approximate surface area is 139 Å². The lowest BCUT2D eigenvalue weighted by Crippen LogP contribution is -2.11. The second kappa shape index (κ2) is 6.79. The van der Waals surface area contributed by atoms with Gasteiger partial charge in [-0.25, -0.2) is 4.79 Å². The minimum atomic E-state index is -0.997. The van der Waals surface area contributed by atoms with E-state index in [1.165, 1.54) is 6.08 Å². The number of amides is 1. The number of benzene rings is 3. The highest BCUT2D eigenvalue weighted by Gasteiger charge is 2.06. The Hall–Kier alpha value is -3.40. The number of anilines is 1. The third-order valence-corrected chi connectivity index (χ3v) is 3.60. The van der Waals surface area contributed by atoms with Crippen molar-refractivity contribution in [3.05, 3.63) is 83.9 Å². The number of carboxylic acid groups (broad SMARTS) is 1. The fourth-order valence-electron chi connectivity index (χ4n) is 2.38. The second-order valence-corrected chi connectivity index (χ2v) is 5.31. The first-order chi connectivity index (χ1) is 11.6. The van der Waals surface area contributed by atoms with Crippen LogP contribution in [-0.2, 0) is 4.79 Å². The summed E-state index contributed by atoms with van der Waals surface area (Å²) < 4.78 is 0. The van der Waals surface area contributed by atoms with Gasteiger partial charge in [0.25, 0.3) is 5.91 Å². The van der Waals surface area contributed by atoms with E-state index in [0.717, 1.165) is 22.4 Å². The van der Waals surface area contributed by atoms with Crippen LogP contribution in [0.5, 0.6) is 0 Å². The summed E-state index contributed by atoms with van der Waals surface area (Å²) in [5, 5.41) is 13.5. The predicted molar refractivity (Wildman–Crippen MR) is 95.0 cm³/mol. The molecule has 0 heterocycles. The van der Waals surface area contributed by atoms with Gasteiger partial charge in [0.05, 0.1) is 0 Å². The van der Waals surface area contributed by atoms with Gasteiger partial charge in [0.2, 0.25) is 0 Å². The van der Waals surface area contributed by atoms with E-state index in [-0.39, 0.29) is 5.91 Å². The van der Waals surface area contributed by atoms with E-state index in [2.05, 4.69) is 5.32 Å². The average Bonchev–Trinajstić information content (AvgIpc) is 2.60. The molecule has 0 fully saturated rings. The van der Waals surface area contributed by atoms with Crippen molar-refractivity contribution >= 4 is 34.4 Å². The number of nitrogens with one attached hydrogen (secondary N) is 1. The van der Waals surface area contributed by atoms with Gasteiger partial charge in [-0.3, -0.25) is 4.79 Å². The highest BCUT2D eigenvalue weighted by Crippen LogP contribution is 2.17. The van der Waals surface area contributed by atoms with Gasteiger partial charge < -0.3 is 10.4 Å². The van der Waals surface area contributed by atoms with Gasteiger partial charge in [0, 0.05) is 17.3 Å². The highest BCUT2D eigenvalue weighted by molar-refractivity contribution is 6.06. The van der Waals surface area contributed by atoms with Crippen molar-refractivity contribution in [3.63, 3.8) is 0 Å². The zero-order valence-corrected chi connectivity index (χ0v) is 12.8. The Morgan fingerprint density at radius 2 is 1.58 bits per heavy atom. The first-order valence-corrected chi connectivity index (χ1v) is 7.43. The molecule has 0 aliphatic rings. The van der Waals surface area contributed by atoms with Crippen molar-refractivity contribution in [3.8, 4) is 0 Å². The summed E-state index contributed by atoms with van der Waals surface area (Å²) in [4.78, 5) is 22.8. The van der Waals surface area contributed by atoms with Crippen LogP contribution in [0.4, 0.5) is 5.69 Å². The SMILES string of the molecule is O=C(O)/C=C/c1ccc(NC(=O)c2ccc3ccccc3c2)cc1. The number of fused-ring (bicyclic) bond motifs is 1. The zero-order chi connectivity index (χ0) is 16.9. The smallest absolute Gasteiger partial charge is 0.328 e. The van der Waals surface area contributed by atoms with Crippen LogP contribution in [0.3, 0.4) is 0 Å². The summed E-state index contributed by atoms with van der Waals surface area (Å²) in [5.41, 5.74) is 1.99. The van der Waals surface area contributed by atoms with E-state index in [4.69, 9.17) is 5.11 Å². The lowest BCUT2D eigenvalue weighted by molar-refractivity contribution is -0.131. The number of rotatable bonds is 4. The molecule has 0 radical (unpaired) electrons. The molecule has 3 aromatic carbocycles. The Morgan fingerprint density at radius 3 is 2.29 bits per heavy atom. The van der Waals surface area contributed by atoms with E-state index in [9.17, 15) is 9.59 Å². The van der Waals surface area contributed by atoms with Crippen LogP contribution >= 0.6 is 0 Å². The van der Waals surface area contributed by atoms with Crippen molar-refractivity contribution in [2.75, 3.05) is 5.32 Å². The minimum absolute atomic E-state index is 0.186. The largest absolute Gasteiger partial charge is 0.478 e. The summed E-state index contributed by atoms with van der Waals surface area (Å²) in [5.74, 6) is -1.18. The Bertz CT molecular complexity index is 927. The predicted octanol–water partition coefficient (Wildman–Crippen LogP) is 4.19. The number of hydrogen-bond acceptors (Lipinski definition) is 2. The van der Waals surface area contributed by atoms with Crippen LogP contribution in [0.2, 0.25) is 0 Å². The van der Waals surface area contributed by atoms with Crippen LogP contribution in [0.25, 0.3) is 16.8 Å². The summed E-state index contributed by atoms with van der Waals surface area (Å²) in [6.45, 7) is 0. The van der Waals surface area contributed by atoms with Gasteiger partial charge in [-0.1, -0.05) is 42.5 Å². The normalized spacial score (nSPS) is 10.8. The van der Waals surface area contributed by atoms with Crippen molar-refractivity contribution in [2.24, 2.45) is 0 Å². The van der Waals surface area contributed by atoms with Crippen molar-refractivity contribution in [1.82, 2.24) is 0 Å². The van der Waals surface area contributed by atoms with Crippen molar-refractivity contribution in [2.45, 2.75) is 0 Å². The molecule has 0 unspecified atom stereocenters. The molecule has 3 rings (SSSR count). The topological polar surface area (TPSA) is 66.4 Å². The molecule has 0 saturated carbocycles. The molecule has 24 heavy (non-hydrogen) atoms. The van der Waals surface area contributed by atoms with Crippen LogP contribution in [0, 0.1) is 0 Å². The Balaban J connectivity index is 1.74. The van der Waals surface area contributed by atoms with Gasteiger partial charge in [-0.15, -0.1) is 0 Å². The second-order valence-electron chi connectivity index (χ2n) is 5.31. The fraction of sp³-hybridized carbons (Fsp3) is 0. The molecule has 0 saturated heterocycles. The van der Waals surface area contributed by atoms with E-state index in [1.54, 1.807) is 30.3 Å². The van der Waals surface area contributed by atoms with Crippen molar-refractivity contribution in [1.29, 1.82) is 0 Å². The fourth-order valence-corrected chi connectivity index (χ4v) is 2.38. The van der Waals surface area contributed by atoms with Gasteiger partial charge in [0.1, 0.15) is 0 Å². The molecule has 4 heteroatoms. The molecule has 0 aromatic heterocycles. The molecule has 1 amide bonds. The maximum Gasteiger partial charge on any atom is 0.328 e. The third-order valence-electron chi connectivity index (χ3n) is 3.60. The molecular formula is C20H15NO3. The first kappa shape index (κ1) is 15.5. The molecule has 118 valence electrons. The minimum Gasteiger partial charge on any atom is -0.478 e. The molecule has 0 aliphatic heterocycles. The summed E-state index contributed by atoms with van der Waals surface area (Å²) in [7, 11) is 0. The number of carbonyl (C=O) groups excluding carboxylic acids is 1. The molecular weight excluding hydrogens is 302 g/mol. The van der Waals surface area contributed by atoms with E-state index in [0.29, 0.717) is 11.3 Å². The Kier molecular flexibility index (Phi) is 4.38. The first-order valence-electron chi connectivity index (χ1n) is 7.43. The van der Waals surface area contributed by atoms with Crippen LogP contribution in [-0.4, -0.2) is 17.0 Å². The average molecular weight is 317 g/mol. The maximum atomic E-state index is 12.4. The monoisotopic (exact) mass is 317 g/mol. The standard InChI is InChI=1S/C20H15NO3/c22-19(23)12-7-14-5-10-18(11-6-14)21-20(24)17-9-8-15-3-1-2-4-16(15)13-17/h1-13H,(H,21,24)(H,22,23)/b12-7+. The van der Waals surface area contributed by atoms with E-state index >= 15 is 0 Å². The number of aliphatic carboxylic acids is 1. The van der Waals surface area contributed by atoms with Crippen molar-refractivity contribution < 1.29 is 14.7 Å². The molecule has 3 aromatic rings. The molecule has 0 atom stereocenters. The van der Waals surface area contributed by atoms with E-state index in [1.807, 2.05) is 36.4 Å². The summed E-state index contributed by atoms with van der Waals surface area (Å²) in [6.07, 6.45) is 2.57. The lowest BCUT2D eigenvalue weighted by Gasteiger charge is -2.07. The molecule has 4 nitrogen and oxygen atoms in total. The van der Waals surface area contributed by atoms with Crippen LogP contribution in [0.1, 0.15) is 15.9 Å².